The second-order valence-electron chi connectivity index (χ2n) is 6.99. The van der Waals surface area contributed by atoms with Gasteiger partial charge in [0.15, 0.2) is 5.65 Å². The zero-order valence-corrected chi connectivity index (χ0v) is 16.5. The second kappa shape index (κ2) is 8.14. The van der Waals surface area contributed by atoms with E-state index in [0.717, 1.165) is 39.5 Å². The molecule has 0 saturated carbocycles. The maximum atomic E-state index is 12.3. The van der Waals surface area contributed by atoms with Crippen molar-refractivity contribution in [1.82, 2.24) is 19.9 Å². The van der Waals surface area contributed by atoms with Crippen molar-refractivity contribution in [3.05, 3.63) is 83.8 Å². The van der Waals surface area contributed by atoms with Gasteiger partial charge in [0.1, 0.15) is 11.3 Å². The van der Waals surface area contributed by atoms with Crippen LogP contribution in [0.25, 0.3) is 16.9 Å². The molecule has 0 fully saturated rings. The lowest BCUT2D eigenvalue weighted by Crippen LogP contribution is -2.31. The minimum atomic E-state index is -0.223. The van der Waals surface area contributed by atoms with E-state index in [1.807, 2.05) is 79.1 Å². The van der Waals surface area contributed by atoms with Gasteiger partial charge in [-0.15, -0.1) is 0 Å². The topological polar surface area (TPSA) is 71.8 Å². The lowest BCUT2D eigenvalue weighted by Gasteiger charge is -2.11. The number of hydrogen-bond donors (Lipinski definition) is 2. The minimum Gasteiger partial charge on any atom is -0.337 e. The molecule has 0 bridgehead atoms. The Kier molecular flexibility index (Phi) is 5.24. The maximum Gasteiger partial charge on any atom is 0.319 e. The molecule has 0 aliphatic carbocycles. The highest BCUT2D eigenvalue weighted by Gasteiger charge is 2.13. The summed E-state index contributed by atoms with van der Waals surface area (Å²) >= 11 is 0. The zero-order valence-electron chi connectivity index (χ0n) is 16.5. The highest BCUT2D eigenvalue weighted by Crippen LogP contribution is 2.20. The van der Waals surface area contributed by atoms with Gasteiger partial charge in [-0.05, 0) is 55.3 Å². The number of pyridine rings is 1. The number of urea groups is 1. The first-order chi connectivity index (χ1) is 14.1. The van der Waals surface area contributed by atoms with E-state index in [9.17, 15) is 4.79 Å². The van der Waals surface area contributed by atoms with Crippen molar-refractivity contribution < 1.29 is 4.79 Å². The Bertz CT molecular complexity index is 1150. The smallest absolute Gasteiger partial charge is 0.319 e. The normalized spacial score (nSPS) is 10.8. The van der Waals surface area contributed by atoms with Crippen LogP contribution in [0.2, 0.25) is 0 Å². The number of para-hydroxylation sites is 1. The number of nitrogens with zero attached hydrogens (tertiary/aromatic N) is 3. The lowest BCUT2D eigenvalue weighted by molar-refractivity contribution is 0.252. The first-order valence-electron chi connectivity index (χ1n) is 9.62. The van der Waals surface area contributed by atoms with E-state index in [-0.39, 0.29) is 6.03 Å². The van der Waals surface area contributed by atoms with Crippen molar-refractivity contribution in [2.45, 2.75) is 20.3 Å². The number of rotatable bonds is 5. The predicted octanol–water partition coefficient (Wildman–Crippen LogP) is 4.40. The average Bonchev–Trinajstić information content (AvgIpc) is 3.09. The van der Waals surface area contributed by atoms with Gasteiger partial charge in [0.2, 0.25) is 0 Å². The summed E-state index contributed by atoms with van der Waals surface area (Å²) in [5.41, 5.74) is 5.61. The van der Waals surface area contributed by atoms with Crippen molar-refractivity contribution >= 4 is 22.9 Å². The standard InChI is InChI=1S/C23H23N5O/c1-16-10-11-17(2)20(15-16)27-23(29)25-14-12-21-26-19-9-6-13-24-22(19)28(21)18-7-4-3-5-8-18/h3-11,13,15H,12,14H2,1-2H3,(H2,25,27,29). The number of aryl methyl sites for hydroxylation is 2. The number of aromatic nitrogens is 3. The number of hydrogen-bond acceptors (Lipinski definition) is 3. The van der Waals surface area contributed by atoms with E-state index in [0.29, 0.717) is 13.0 Å². The number of fused-ring (bicyclic) bond motifs is 1. The third-order valence-electron chi connectivity index (χ3n) is 4.78. The molecular weight excluding hydrogens is 362 g/mol. The Morgan fingerprint density at radius 2 is 1.86 bits per heavy atom. The Morgan fingerprint density at radius 1 is 1.03 bits per heavy atom. The van der Waals surface area contributed by atoms with Crippen molar-refractivity contribution in [1.29, 1.82) is 0 Å². The molecule has 2 N–H and O–H groups in total. The molecule has 0 saturated heterocycles. The van der Waals surface area contributed by atoms with E-state index in [1.165, 1.54) is 0 Å². The second-order valence-corrected chi connectivity index (χ2v) is 6.99. The van der Waals surface area contributed by atoms with E-state index >= 15 is 0 Å². The molecule has 0 spiro atoms. The van der Waals surface area contributed by atoms with Gasteiger partial charge in [0.05, 0.1) is 0 Å². The fourth-order valence-electron chi connectivity index (χ4n) is 3.30. The first-order valence-corrected chi connectivity index (χ1v) is 9.62. The molecule has 6 nitrogen and oxygen atoms in total. The van der Waals surface area contributed by atoms with E-state index in [1.54, 1.807) is 6.20 Å². The molecule has 0 radical (unpaired) electrons. The van der Waals surface area contributed by atoms with Gasteiger partial charge in [-0.25, -0.2) is 14.8 Å². The number of anilines is 1. The molecular formula is C23H23N5O. The first kappa shape index (κ1) is 18.7. The number of carbonyl (C=O) groups is 1. The Morgan fingerprint density at radius 3 is 2.69 bits per heavy atom. The van der Waals surface area contributed by atoms with Gasteiger partial charge in [-0.3, -0.25) is 4.57 Å². The summed E-state index contributed by atoms with van der Waals surface area (Å²) in [4.78, 5) is 21.6. The fraction of sp³-hybridized carbons (Fsp3) is 0.174. The molecule has 29 heavy (non-hydrogen) atoms. The van der Waals surface area contributed by atoms with Gasteiger partial charge in [-0.1, -0.05) is 30.3 Å². The summed E-state index contributed by atoms with van der Waals surface area (Å²) in [5, 5.41) is 5.85. The number of nitrogens with one attached hydrogen (secondary N) is 2. The van der Waals surface area contributed by atoms with Crippen LogP contribution in [0.1, 0.15) is 17.0 Å². The summed E-state index contributed by atoms with van der Waals surface area (Å²) in [5.74, 6) is 0.858. The highest BCUT2D eigenvalue weighted by atomic mass is 16.2. The van der Waals surface area contributed by atoms with Crippen molar-refractivity contribution in [3.8, 4) is 5.69 Å². The molecule has 2 aromatic heterocycles. The molecule has 2 amide bonds. The van der Waals surface area contributed by atoms with Crippen LogP contribution < -0.4 is 10.6 Å². The molecule has 6 heteroatoms. The quantitative estimate of drug-likeness (QED) is 0.535. The molecule has 4 rings (SSSR count). The van der Waals surface area contributed by atoms with Gasteiger partial charge in [-0.2, -0.15) is 0 Å². The highest BCUT2D eigenvalue weighted by molar-refractivity contribution is 5.90. The summed E-state index contributed by atoms with van der Waals surface area (Å²) in [7, 11) is 0. The Hall–Kier alpha value is -3.67. The molecule has 0 aliphatic heterocycles. The van der Waals surface area contributed by atoms with Gasteiger partial charge in [0.25, 0.3) is 0 Å². The Balaban J connectivity index is 1.49. The molecule has 2 heterocycles. The minimum absolute atomic E-state index is 0.223. The zero-order chi connectivity index (χ0) is 20.2. The molecule has 2 aromatic carbocycles. The van der Waals surface area contributed by atoms with E-state index < -0.39 is 0 Å². The third-order valence-corrected chi connectivity index (χ3v) is 4.78. The van der Waals surface area contributed by atoms with Crippen LogP contribution in [0, 0.1) is 13.8 Å². The van der Waals surface area contributed by atoms with Crippen molar-refractivity contribution in [3.63, 3.8) is 0 Å². The van der Waals surface area contributed by atoms with Crippen LogP contribution in [-0.4, -0.2) is 27.1 Å². The number of amides is 2. The fourth-order valence-corrected chi connectivity index (χ4v) is 3.30. The SMILES string of the molecule is Cc1ccc(C)c(NC(=O)NCCc2nc3cccnc3n2-c2ccccc2)c1. The van der Waals surface area contributed by atoms with Gasteiger partial charge < -0.3 is 10.6 Å². The number of carbonyl (C=O) groups excluding carboxylic acids is 1. The van der Waals surface area contributed by atoms with Gasteiger partial charge in [0, 0.05) is 30.5 Å². The summed E-state index contributed by atoms with van der Waals surface area (Å²) < 4.78 is 2.04. The monoisotopic (exact) mass is 385 g/mol. The Labute approximate surface area is 169 Å². The molecule has 4 aromatic rings. The van der Waals surface area contributed by atoms with Crippen LogP contribution in [0.4, 0.5) is 10.5 Å². The largest absolute Gasteiger partial charge is 0.337 e. The third kappa shape index (κ3) is 4.11. The molecule has 0 atom stereocenters. The summed E-state index contributed by atoms with van der Waals surface area (Å²) in [6.07, 6.45) is 2.36. The average molecular weight is 385 g/mol. The lowest BCUT2D eigenvalue weighted by atomic mass is 10.1. The van der Waals surface area contributed by atoms with Crippen molar-refractivity contribution in [2.75, 3.05) is 11.9 Å². The predicted molar refractivity (Wildman–Crippen MR) is 116 cm³/mol. The summed E-state index contributed by atoms with van der Waals surface area (Å²) in [6.45, 7) is 4.45. The summed E-state index contributed by atoms with van der Waals surface area (Å²) in [6, 6.07) is 19.6. The maximum absolute atomic E-state index is 12.3. The number of benzene rings is 2. The van der Waals surface area contributed by atoms with E-state index in [2.05, 4.69) is 15.6 Å². The van der Waals surface area contributed by atoms with Crippen molar-refractivity contribution in [2.24, 2.45) is 0 Å². The van der Waals surface area contributed by atoms with Crippen LogP contribution in [0.3, 0.4) is 0 Å². The van der Waals surface area contributed by atoms with Crippen LogP contribution >= 0.6 is 0 Å². The molecule has 146 valence electrons. The van der Waals surface area contributed by atoms with Crippen LogP contribution in [0.15, 0.2) is 66.9 Å². The van der Waals surface area contributed by atoms with E-state index in [4.69, 9.17) is 4.98 Å². The number of imidazole rings is 1. The van der Waals surface area contributed by atoms with Crippen LogP contribution in [-0.2, 0) is 6.42 Å². The molecule has 0 unspecified atom stereocenters. The molecule has 0 aliphatic rings. The van der Waals surface area contributed by atoms with Gasteiger partial charge >= 0.3 is 6.03 Å². The van der Waals surface area contributed by atoms with Crippen LogP contribution in [0.5, 0.6) is 0 Å².